The lowest BCUT2D eigenvalue weighted by Gasteiger charge is -2.27. The zero-order chi connectivity index (χ0) is 18.6. The molecule has 0 saturated heterocycles. The summed E-state index contributed by atoms with van der Waals surface area (Å²) in [6.45, 7) is 0. The predicted octanol–water partition coefficient (Wildman–Crippen LogP) is 5.42. The molecular formula is C22H16ClNO3. The Balaban J connectivity index is 1.61. The summed E-state index contributed by atoms with van der Waals surface area (Å²) in [4.78, 5) is 17.5. The lowest BCUT2D eigenvalue weighted by atomic mass is 9.96. The number of carbonyl (C=O) groups excluding carboxylic acids is 1. The van der Waals surface area contributed by atoms with Crippen molar-refractivity contribution in [3.8, 4) is 5.75 Å². The molecule has 1 aliphatic rings. The van der Waals surface area contributed by atoms with Crippen molar-refractivity contribution in [1.82, 2.24) is 0 Å². The number of oxime groups is 1. The molecule has 0 fully saturated rings. The number of hydrogen-bond donors (Lipinski definition) is 0. The average molecular weight is 378 g/mol. The van der Waals surface area contributed by atoms with Gasteiger partial charge in [0.25, 0.3) is 0 Å². The van der Waals surface area contributed by atoms with Crippen LogP contribution in [-0.2, 0) is 4.84 Å². The smallest absolute Gasteiger partial charge is 0.365 e. The van der Waals surface area contributed by atoms with Crippen LogP contribution < -0.4 is 4.74 Å². The molecule has 0 amide bonds. The van der Waals surface area contributed by atoms with Crippen LogP contribution in [0.1, 0.15) is 34.0 Å². The fraction of sp³-hybridized carbons (Fsp3) is 0.0909. The Hall–Kier alpha value is -3.11. The van der Waals surface area contributed by atoms with Gasteiger partial charge in [0, 0.05) is 17.0 Å². The van der Waals surface area contributed by atoms with Crippen LogP contribution in [0.25, 0.3) is 0 Å². The zero-order valence-electron chi connectivity index (χ0n) is 14.3. The predicted molar refractivity (Wildman–Crippen MR) is 104 cm³/mol. The van der Waals surface area contributed by atoms with Gasteiger partial charge in [-0.3, -0.25) is 0 Å². The van der Waals surface area contributed by atoms with Crippen LogP contribution in [0.2, 0.25) is 5.02 Å². The molecule has 0 bridgehead atoms. The second kappa shape index (κ2) is 7.64. The zero-order valence-corrected chi connectivity index (χ0v) is 15.1. The van der Waals surface area contributed by atoms with E-state index in [4.69, 9.17) is 21.2 Å². The summed E-state index contributed by atoms with van der Waals surface area (Å²) in [7, 11) is 0. The summed E-state index contributed by atoms with van der Waals surface area (Å²) in [5, 5.41) is 4.71. The highest BCUT2D eigenvalue weighted by atomic mass is 35.5. The largest absolute Gasteiger partial charge is 0.485 e. The van der Waals surface area contributed by atoms with E-state index >= 15 is 0 Å². The average Bonchev–Trinajstić information content (AvgIpc) is 2.72. The number of rotatable bonds is 3. The SMILES string of the molecule is O=C(O/N=C1\CC(c2ccccc2)Oc2ccccc21)c1ccc(Cl)cc1. The van der Waals surface area contributed by atoms with Crippen molar-refractivity contribution in [2.24, 2.45) is 5.16 Å². The molecule has 4 rings (SSSR count). The van der Waals surface area contributed by atoms with Crippen LogP contribution in [0.5, 0.6) is 5.75 Å². The Morgan fingerprint density at radius 1 is 0.963 bits per heavy atom. The number of nitrogens with zero attached hydrogens (tertiary/aromatic N) is 1. The highest BCUT2D eigenvalue weighted by Crippen LogP contribution is 2.35. The van der Waals surface area contributed by atoms with Gasteiger partial charge in [0.1, 0.15) is 11.9 Å². The van der Waals surface area contributed by atoms with Crippen molar-refractivity contribution < 1.29 is 14.4 Å². The third-order valence-electron chi connectivity index (χ3n) is 4.34. The van der Waals surface area contributed by atoms with Crippen LogP contribution in [0.15, 0.2) is 84.0 Å². The van der Waals surface area contributed by atoms with Gasteiger partial charge in [-0.1, -0.05) is 59.2 Å². The van der Waals surface area contributed by atoms with E-state index < -0.39 is 5.97 Å². The lowest BCUT2D eigenvalue weighted by Crippen LogP contribution is -2.21. The van der Waals surface area contributed by atoms with E-state index in [1.54, 1.807) is 24.3 Å². The molecular weight excluding hydrogens is 362 g/mol. The first kappa shape index (κ1) is 17.3. The summed E-state index contributed by atoms with van der Waals surface area (Å²) >= 11 is 5.85. The Morgan fingerprint density at radius 2 is 1.67 bits per heavy atom. The first-order valence-electron chi connectivity index (χ1n) is 8.55. The molecule has 0 aliphatic carbocycles. The number of benzene rings is 3. The van der Waals surface area contributed by atoms with Crippen molar-refractivity contribution in [3.05, 3.63) is 101 Å². The number of ether oxygens (including phenoxy) is 1. The van der Waals surface area contributed by atoms with Crippen molar-refractivity contribution in [3.63, 3.8) is 0 Å². The maximum Gasteiger partial charge on any atom is 0.365 e. The third kappa shape index (κ3) is 3.86. The Kier molecular flexibility index (Phi) is 4.90. The summed E-state index contributed by atoms with van der Waals surface area (Å²) in [5.74, 6) is 0.193. The van der Waals surface area contributed by atoms with E-state index in [2.05, 4.69) is 5.16 Å². The first-order valence-corrected chi connectivity index (χ1v) is 8.93. The molecule has 0 saturated carbocycles. The van der Waals surface area contributed by atoms with Crippen LogP contribution >= 0.6 is 11.6 Å². The van der Waals surface area contributed by atoms with Gasteiger partial charge >= 0.3 is 5.97 Å². The van der Waals surface area contributed by atoms with Gasteiger partial charge in [-0.2, -0.15) is 0 Å². The number of fused-ring (bicyclic) bond motifs is 1. The van der Waals surface area contributed by atoms with Crippen LogP contribution in [0.4, 0.5) is 0 Å². The minimum atomic E-state index is -0.528. The molecule has 5 heteroatoms. The number of carbonyl (C=O) groups is 1. The van der Waals surface area contributed by atoms with E-state index in [9.17, 15) is 4.79 Å². The topological polar surface area (TPSA) is 47.9 Å². The molecule has 0 N–H and O–H groups in total. The second-order valence-electron chi connectivity index (χ2n) is 6.14. The molecule has 1 aliphatic heterocycles. The molecule has 3 aromatic rings. The molecule has 134 valence electrons. The molecule has 0 radical (unpaired) electrons. The van der Waals surface area contributed by atoms with Gasteiger partial charge < -0.3 is 9.57 Å². The molecule has 3 aromatic carbocycles. The minimum absolute atomic E-state index is 0.186. The van der Waals surface area contributed by atoms with Crippen LogP contribution in [0, 0.1) is 0 Å². The van der Waals surface area contributed by atoms with Crippen molar-refractivity contribution in [2.45, 2.75) is 12.5 Å². The van der Waals surface area contributed by atoms with E-state index in [-0.39, 0.29) is 6.10 Å². The highest BCUT2D eigenvalue weighted by Gasteiger charge is 2.26. The first-order chi connectivity index (χ1) is 13.2. The van der Waals surface area contributed by atoms with Gasteiger partial charge in [-0.05, 0) is 42.0 Å². The van der Waals surface area contributed by atoms with Gasteiger partial charge in [-0.15, -0.1) is 0 Å². The standard InChI is InChI=1S/C22H16ClNO3/c23-17-12-10-16(11-13-17)22(25)27-24-19-14-21(15-6-2-1-3-7-15)26-20-9-5-4-8-18(19)20/h1-13,21H,14H2/b24-19+. The quantitative estimate of drug-likeness (QED) is 0.452. The van der Waals surface area contributed by atoms with Gasteiger partial charge in [0.2, 0.25) is 0 Å². The van der Waals surface area contributed by atoms with Gasteiger partial charge in [0.05, 0.1) is 11.3 Å². The monoisotopic (exact) mass is 377 g/mol. The number of para-hydroxylation sites is 1. The van der Waals surface area contributed by atoms with Crippen molar-refractivity contribution in [2.75, 3.05) is 0 Å². The highest BCUT2D eigenvalue weighted by molar-refractivity contribution is 6.30. The summed E-state index contributed by atoms with van der Waals surface area (Å²) < 4.78 is 6.12. The molecule has 0 aromatic heterocycles. The fourth-order valence-corrected chi connectivity index (χ4v) is 3.09. The second-order valence-corrected chi connectivity index (χ2v) is 6.58. The third-order valence-corrected chi connectivity index (χ3v) is 4.59. The van der Waals surface area contributed by atoms with Crippen molar-refractivity contribution >= 4 is 23.3 Å². The fourth-order valence-electron chi connectivity index (χ4n) is 2.96. The maximum absolute atomic E-state index is 12.3. The summed E-state index contributed by atoms with van der Waals surface area (Å²) in [5.41, 5.74) is 2.94. The number of halogens is 1. The van der Waals surface area contributed by atoms with Crippen LogP contribution in [-0.4, -0.2) is 11.7 Å². The molecule has 0 spiro atoms. The summed E-state index contributed by atoms with van der Waals surface area (Å²) in [6, 6.07) is 24.0. The van der Waals surface area contributed by atoms with E-state index in [0.29, 0.717) is 22.7 Å². The number of hydrogen-bond acceptors (Lipinski definition) is 4. The lowest BCUT2D eigenvalue weighted by molar-refractivity contribution is 0.0512. The van der Waals surface area contributed by atoms with E-state index in [0.717, 1.165) is 16.9 Å². The molecule has 1 heterocycles. The minimum Gasteiger partial charge on any atom is -0.485 e. The Morgan fingerprint density at radius 3 is 2.44 bits per heavy atom. The van der Waals surface area contributed by atoms with E-state index in [1.807, 2.05) is 54.6 Å². The van der Waals surface area contributed by atoms with Gasteiger partial charge in [-0.25, -0.2) is 4.79 Å². The normalized spacial score (nSPS) is 17.1. The maximum atomic E-state index is 12.3. The molecule has 1 unspecified atom stereocenters. The molecule has 27 heavy (non-hydrogen) atoms. The Bertz CT molecular complexity index is 984. The molecule has 1 atom stereocenters. The van der Waals surface area contributed by atoms with E-state index in [1.165, 1.54) is 0 Å². The molecule has 4 nitrogen and oxygen atoms in total. The van der Waals surface area contributed by atoms with Gasteiger partial charge in [0.15, 0.2) is 0 Å². The Labute approximate surface area is 162 Å². The van der Waals surface area contributed by atoms with Crippen molar-refractivity contribution in [1.29, 1.82) is 0 Å². The van der Waals surface area contributed by atoms with Crippen LogP contribution in [0.3, 0.4) is 0 Å². The summed E-state index contributed by atoms with van der Waals surface area (Å²) in [6.07, 6.45) is 0.323.